The van der Waals surface area contributed by atoms with E-state index in [0.29, 0.717) is 39.0 Å². The van der Waals surface area contributed by atoms with Crippen molar-refractivity contribution in [2.24, 2.45) is 4.99 Å². The van der Waals surface area contributed by atoms with Crippen LogP contribution in [0.15, 0.2) is 39.9 Å². The van der Waals surface area contributed by atoms with Gasteiger partial charge in [-0.05, 0) is 30.2 Å². The van der Waals surface area contributed by atoms with Crippen LogP contribution in [0.3, 0.4) is 0 Å². The molecule has 1 aromatic heterocycles. The van der Waals surface area contributed by atoms with Crippen LogP contribution < -0.4 is 15.2 Å². The van der Waals surface area contributed by atoms with E-state index in [4.69, 9.17) is 15.2 Å². The van der Waals surface area contributed by atoms with E-state index in [1.165, 1.54) is 11.8 Å². The predicted molar refractivity (Wildman–Crippen MR) is 109 cm³/mol. The Kier molecular flexibility index (Phi) is 5.83. The van der Waals surface area contributed by atoms with Gasteiger partial charge >= 0.3 is 0 Å². The lowest BCUT2D eigenvalue weighted by atomic mass is 9.96. The summed E-state index contributed by atoms with van der Waals surface area (Å²) in [5, 5.41) is 19.9. The summed E-state index contributed by atoms with van der Waals surface area (Å²) >= 11 is 1.37. The lowest BCUT2D eigenvalue weighted by molar-refractivity contribution is 0.174. The summed E-state index contributed by atoms with van der Waals surface area (Å²) in [6.45, 7) is 2.06. The molecule has 0 spiro atoms. The molecule has 1 aliphatic rings. The first-order valence-electron chi connectivity index (χ1n) is 8.36. The molecule has 2 heterocycles. The van der Waals surface area contributed by atoms with Crippen LogP contribution in [0.1, 0.15) is 18.1 Å². The summed E-state index contributed by atoms with van der Waals surface area (Å²) in [7, 11) is 1.70. The van der Waals surface area contributed by atoms with Crippen molar-refractivity contribution in [3.8, 4) is 34.8 Å². The number of hydrogen-bond acceptors (Lipinski definition) is 8. The largest absolute Gasteiger partial charge is 0.454 e. The number of nitrogens with two attached hydrogens (primary N) is 1. The smallest absolute Gasteiger partial charge is 0.231 e. The SMILES string of the molecule is C/C=C(\C=NC)CSc1nc(N)c(C#N)c(-c2ccc3c(c2)OCO3)c1C#N. The summed E-state index contributed by atoms with van der Waals surface area (Å²) in [5.41, 5.74) is 8.61. The van der Waals surface area contributed by atoms with Crippen molar-refractivity contribution in [3.63, 3.8) is 0 Å². The Balaban J connectivity index is 2.12. The molecule has 1 aromatic carbocycles. The molecule has 3 rings (SSSR count). The maximum Gasteiger partial charge on any atom is 0.231 e. The third-order valence-corrected chi connectivity index (χ3v) is 5.16. The normalized spacial score (nSPS) is 12.8. The second-order valence-corrected chi connectivity index (χ2v) is 6.72. The van der Waals surface area contributed by atoms with Crippen molar-refractivity contribution < 1.29 is 9.47 Å². The molecule has 2 aromatic rings. The highest BCUT2D eigenvalue weighted by Crippen LogP contribution is 2.40. The number of nitrogen functional groups attached to an aromatic ring is 1. The number of pyridine rings is 1. The average molecular weight is 391 g/mol. The molecule has 0 saturated heterocycles. The van der Waals surface area contributed by atoms with Gasteiger partial charge < -0.3 is 15.2 Å². The molecule has 0 bridgehead atoms. The van der Waals surface area contributed by atoms with Gasteiger partial charge in [0.05, 0.1) is 5.56 Å². The number of hydrogen-bond donors (Lipinski definition) is 1. The average Bonchev–Trinajstić information content (AvgIpc) is 3.18. The maximum atomic E-state index is 9.84. The van der Waals surface area contributed by atoms with E-state index >= 15 is 0 Å². The van der Waals surface area contributed by atoms with Gasteiger partial charge in [-0.3, -0.25) is 4.99 Å². The first-order chi connectivity index (χ1) is 13.6. The van der Waals surface area contributed by atoms with Gasteiger partial charge in [-0.2, -0.15) is 10.5 Å². The minimum Gasteiger partial charge on any atom is -0.454 e. The van der Waals surface area contributed by atoms with E-state index in [9.17, 15) is 10.5 Å². The fourth-order valence-corrected chi connectivity index (χ4v) is 3.76. The van der Waals surface area contributed by atoms with Crippen LogP contribution in [0.25, 0.3) is 11.1 Å². The van der Waals surface area contributed by atoms with Gasteiger partial charge in [0, 0.05) is 24.6 Å². The molecule has 0 unspecified atom stereocenters. The van der Waals surface area contributed by atoms with Crippen molar-refractivity contribution in [3.05, 3.63) is 41.0 Å². The van der Waals surface area contributed by atoms with E-state index in [-0.39, 0.29) is 18.2 Å². The van der Waals surface area contributed by atoms with Gasteiger partial charge in [0.25, 0.3) is 0 Å². The molecule has 0 fully saturated rings. The summed E-state index contributed by atoms with van der Waals surface area (Å²) in [6.07, 6.45) is 3.70. The molecule has 0 atom stereocenters. The second-order valence-electron chi connectivity index (χ2n) is 5.76. The number of allylic oxidation sites excluding steroid dienone is 1. The Bertz CT molecular complexity index is 1060. The number of thioether (sulfide) groups is 1. The van der Waals surface area contributed by atoms with Crippen molar-refractivity contribution in [2.45, 2.75) is 11.9 Å². The second kappa shape index (κ2) is 8.47. The molecule has 140 valence electrons. The number of rotatable bonds is 5. The monoisotopic (exact) mass is 391 g/mol. The van der Waals surface area contributed by atoms with E-state index in [0.717, 1.165) is 5.57 Å². The molecular formula is C20H17N5O2S. The van der Waals surface area contributed by atoms with Crippen LogP contribution >= 0.6 is 11.8 Å². The number of aliphatic imine (C=N–C) groups is 1. The van der Waals surface area contributed by atoms with Crippen molar-refractivity contribution in [1.82, 2.24) is 4.98 Å². The predicted octanol–water partition coefficient (Wildman–Crippen LogP) is 3.54. The molecule has 7 nitrogen and oxygen atoms in total. The molecule has 2 N–H and O–H groups in total. The van der Waals surface area contributed by atoms with Gasteiger partial charge in [-0.15, -0.1) is 11.8 Å². The van der Waals surface area contributed by atoms with Gasteiger partial charge in [0.1, 0.15) is 28.5 Å². The third kappa shape index (κ3) is 3.64. The molecule has 1 aliphatic heterocycles. The number of benzene rings is 1. The topological polar surface area (TPSA) is 117 Å². The van der Waals surface area contributed by atoms with Gasteiger partial charge in [0.15, 0.2) is 11.5 Å². The molecular weight excluding hydrogens is 374 g/mol. The fourth-order valence-electron chi connectivity index (χ4n) is 2.76. The Morgan fingerprint density at radius 2 is 2.04 bits per heavy atom. The van der Waals surface area contributed by atoms with Gasteiger partial charge in [-0.1, -0.05) is 12.1 Å². The molecule has 0 saturated carbocycles. The highest BCUT2D eigenvalue weighted by Gasteiger charge is 2.23. The van der Waals surface area contributed by atoms with Gasteiger partial charge in [0.2, 0.25) is 6.79 Å². The zero-order valence-electron chi connectivity index (χ0n) is 15.4. The molecule has 0 radical (unpaired) electrons. The Morgan fingerprint density at radius 3 is 2.71 bits per heavy atom. The van der Waals surface area contributed by atoms with Gasteiger partial charge in [-0.25, -0.2) is 4.98 Å². The zero-order valence-corrected chi connectivity index (χ0v) is 16.2. The number of nitrogens with zero attached hydrogens (tertiary/aromatic N) is 4. The van der Waals surface area contributed by atoms with Crippen LogP contribution in [0, 0.1) is 22.7 Å². The number of nitriles is 2. The van der Waals surface area contributed by atoms with Crippen LogP contribution in [-0.2, 0) is 0 Å². The maximum absolute atomic E-state index is 9.84. The van der Waals surface area contributed by atoms with Crippen molar-refractivity contribution in [1.29, 1.82) is 10.5 Å². The standard InChI is InChI=1S/C20H17N5O2S/c1-3-12(9-24-2)10-28-20-15(8-22)18(14(7-21)19(23)25-20)13-4-5-16-17(6-13)27-11-26-16/h3-6,9H,10-11H2,1-2H3,(H2,23,25)/b12-3+,24-9?. The van der Waals surface area contributed by atoms with Crippen LogP contribution in [0.2, 0.25) is 0 Å². The summed E-state index contributed by atoms with van der Waals surface area (Å²) < 4.78 is 10.8. The summed E-state index contributed by atoms with van der Waals surface area (Å²) in [5.74, 6) is 1.84. The summed E-state index contributed by atoms with van der Waals surface area (Å²) in [4.78, 5) is 8.33. The van der Waals surface area contributed by atoms with E-state index in [2.05, 4.69) is 22.1 Å². The Hall–Kier alpha value is -3.49. The first kappa shape index (κ1) is 19.3. The molecule has 0 amide bonds. The number of anilines is 1. The Morgan fingerprint density at radius 1 is 1.29 bits per heavy atom. The fraction of sp³-hybridized carbons (Fsp3) is 0.200. The van der Waals surface area contributed by atoms with Crippen molar-refractivity contribution >= 4 is 23.8 Å². The first-order valence-corrected chi connectivity index (χ1v) is 9.35. The molecule has 8 heteroatoms. The van der Waals surface area contributed by atoms with E-state index < -0.39 is 0 Å². The minimum absolute atomic E-state index is 0.0860. The number of ether oxygens (including phenoxy) is 2. The van der Waals surface area contributed by atoms with E-state index in [1.807, 2.05) is 13.0 Å². The third-order valence-electron chi connectivity index (χ3n) is 4.12. The summed E-state index contributed by atoms with van der Waals surface area (Å²) in [6, 6.07) is 9.54. The molecule has 0 aliphatic carbocycles. The quantitative estimate of drug-likeness (QED) is 0.612. The highest BCUT2D eigenvalue weighted by atomic mass is 32.2. The van der Waals surface area contributed by atoms with Crippen LogP contribution in [0.5, 0.6) is 11.5 Å². The number of fused-ring (bicyclic) bond motifs is 1. The minimum atomic E-state index is 0.0860. The van der Waals surface area contributed by atoms with Crippen LogP contribution in [-0.4, -0.2) is 30.8 Å². The lowest BCUT2D eigenvalue weighted by Crippen LogP contribution is -2.04. The molecule has 28 heavy (non-hydrogen) atoms. The van der Waals surface area contributed by atoms with Crippen molar-refractivity contribution in [2.75, 3.05) is 25.3 Å². The van der Waals surface area contributed by atoms with E-state index in [1.54, 1.807) is 31.5 Å². The lowest BCUT2D eigenvalue weighted by Gasteiger charge is -2.13. The van der Waals surface area contributed by atoms with Crippen LogP contribution in [0.4, 0.5) is 5.82 Å². The highest BCUT2D eigenvalue weighted by molar-refractivity contribution is 7.99. The zero-order chi connectivity index (χ0) is 20.1. The Labute approximate surface area is 167 Å². The number of aromatic nitrogens is 1.